The van der Waals surface area contributed by atoms with Crippen LogP contribution in [0.2, 0.25) is 0 Å². The van der Waals surface area contributed by atoms with Crippen LogP contribution in [0.3, 0.4) is 0 Å². The van der Waals surface area contributed by atoms with Crippen LogP contribution in [0.15, 0.2) is 78.9 Å². The number of aromatic nitrogens is 1. The second kappa shape index (κ2) is 8.10. The van der Waals surface area contributed by atoms with E-state index in [4.69, 9.17) is 0 Å². The van der Waals surface area contributed by atoms with E-state index in [1.807, 2.05) is 0 Å². The van der Waals surface area contributed by atoms with E-state index in [1.54, 1.807) is 0 Å². The third kappa shape index (κ3) is 3.55. The van der Waals surface area contributed by atoms with Gasteiger partial charge >= 0.3 is 0 Å². The Bertz CT molecular complexity index is 1150. The van der Waals surface area contributed by atoms with Crippen LogP contribution in [-0.4, -0.2) is 47.6 Å². The van der Waals surface area contributed by atoms with Gasteiger partial charge in [0.15, 0.2) is 0 Å². The van der Waals surface area contributed by atoms with Crippen molar-refractivity contribution in [3.8, 4) is 16.9 Å². The maximum absolute atomic E-state index is 2.59. The highest BCUT2D eigenvalue weighted by atomic mass is 15.2. The minimum Gasteiger partial charge on any atom is -0.314 e. The van der Waals surface area contributed by atoms with Crippen LogP contribution in [0.1, 0.15) is 11.3 Å². The molecule has 0 N–H and O–H groups in total. The number of benzene rings is 3. The monoisotopic (exact) mass is 395 g/mol. The van der Waals surface area contributed by atoms with Crippen molar-refractivity contribution in [1.82, 2.24) is 14.4 Å². The first kappa shape index (κ1) is 19.1. The number of rotatable bonds is 4. The zero-order chi connectivity index (χ0) is 20.5. The molecular formula is C27H29N3. The van der Waals surface area contributed by atoms with Crippen LogP contribution in [0, 0.1) is 6.92 Å². The summed E-state index contributed by atoms with van der Waals surface area (Å²) in [5, 5.41) is 2.59. The summed E-state index contributed by atoms with van der Waals surface area (Å²) in [6.45, 7) is 7.85. The predicted octanol–water partition coefficient (Wildman–Crippen LogP) is 5.35. The fourth-order valence-electron chi connectivity index (χ4n) is 4.62. The SMILES string of the molecule is Cc1c(CN2CCN(C)CC2)cc(-c2cccc3ccccc23)n1-c1ccccc1. The number of hydrogen-bond acceptors (Lipinski definition) is 2. The molecule has 0 radical (unpaired) electrons. The van der Waals surface area contributed by atoms with Crippen LogP contribution >= 0.6 is 0 Å². The minimum absolute atomic E-state index is 1.01. The Morgan fingerprint density at radius 1 is 0.767 bits per heavy atom. The number of fused-ring (bicyclic) bond motifs is 1. The number of piperazine rings is 1. The van der Waals surface area contributed by atoms with Gasteiger partial charge in [0, 0.05) is 49.7 Å². The second-order valence-corrected chi connectivity index (χ2v) is 8.42. The average Bonchev–Trinajstić information content (AvgIpc) is 3.11. The van der Waals surface area contributed by atoms with Gasteiger partial charge in [-0.25, -0.2) is 0 Å². The Labute approximate surface area is 179 Å². The van der Waals surface area contributed by atoms with Crippen molar-refractivity contribution in [2.75, 3.05) is 33.2 Å². The summed E-state index contributed by atoms with van der Waals surface area (Å²) in [4.78, 5) is 5.00. The van der Waals surface area contributed by atoms with Gasteiger partial charge in [0.1, 0.15) is 0 Å². The molecule has 0 spiro atoms. The highest BCUT2D eigenvalue weighted by Gasteiger charge is 2.20. The molecule has 1 aliphatic heterocycles. The lowest BCUT2D eigenvalue weighted by Gasteiger charge is -2.32. The first-order valence-electron chi connectivity index (χ1n) is 10.9. The zero-order valence-corrected chi connectivity index (χ0v) is 17.9. The molecule has 3 heteroatoms. The Balaban J connectivity index is 1.64. The van der Waals surface area contributed by atoms with Gasteiger partial charge in [0.05, 0.1) is 5.69 Å². The molecule has 0 unspecified atom stereocenters. The van der Waals surface area contributed by atoms with E-state index in [0.717, 1.165) is 32.7 Å². The number of likely N-dealkylation sites (N-methyl/N-ethyl adjacent to an activating group) is 1. The van der Waals surface area contributed by atoms with Crippen molar-refractivity contribution in [3.63, 3.8) is 0 Å². The molecule has 1 aromatic heterocycles. The standard InChI is InChI=1S/C27H29N3/c1-21-23(20-29-17-15-28(2)16-18-29)19-27(30(21)24-11-4-3-5-12-24)26-14-8-10-22-9-6-7-13-25(22)26/h3-14,19H,15-18,20H2,1-2H3. The van der Waals surface area contributed by atoms with Crippen LogP contribution in [0.4, 0.5) is 0 Å². The third-order valence-electron chi connectivity index (χ3n) is 6.42. The average molecular weight is 396 g/mol. The van der Waals surface area contributed by atoms with Crippen LogP contribution < -0.4 is 0 Å². The quantitative estimate of drug-likeness (QED) is 0.461. The van der Waals surface area contributed by atoms with E-state index in [9.17, 15) is 0 Å². The topological polar surface area (TPSA) is 11.4 Å². The van der Waals surface area contributed by atoms with Gasteiger partial charge in [0.25, 0.3) is 0 Å². The molecule has 3 aromatic carbocycles. The number of para-hydroxylation sites is 1. The molecule has 0 saturated carbocycles. The lowest BCUT2D eigenvalue weighted by atomic mass is 10.0. The van der Waals surface area contributed by atoms with Crippen molar-refractivity contribution in [3.05, 3.63) is 90.1 Å². The van der Waals surface area contributed by atoms with Crippen molar-refractivity contribution < 1.29 is 0 Å². The molecule has 30 heavy (non-hydrogen) atoms. The largest absolute Gasteiger partial charge is 0.314 e. The molecule has 0 aliphatic carbocycles. The van der Waals surface area contributed by atoms with Gasteiger partial charge in [0.2, 0.25) is 0 Å². The summed E-state index contributed by atoms with van der Waals surface area (Å²) in [5.41, 5.74) is 6.56. The van der Waals surface area contributed by atoms with Gasteiger partial charge in [-0.3, -0.25) is 4.90 Å². The first-order valence-corrected chi connectivity index (χ1v) is 10.9. The van der Waals surface area contributed by atoms with Crippen LogP contribution in [0.25, 0.3) is 27.7 Å². The van der Waals surface area contributed by atoms with Gasteiger partial charge in [-0.2, -0.15) is 0 Å². The van der Waals surface area contributed by atoms with E-state index < -0.39 is 0 Å². The Hall–Kier alpha value is -2.88. The van der Waals surface area contributed by atoms with Crippen molar-refractivity contribution in [2.45, 2.75) is 13.5 Å². The normalized spacial score (nSPS) is 15.7. The Kier molecular flexibility index (Phi) is 5.16. The van der Waals surface area contributed by atoms with Crippen molar-refractivity contribution in [2.24, 2.45) is 0 Å². The molecule has 1 aliphatic rings. The predicted molar refractivity (Wildman–Crippen MR) is 126 cm³/mol. The fourth-order valence-corrected chi connectivity index (χ4v) is 4.62. The number of hydrogen-bond donors (Lipinski definition) is 0. The molecule has 1 saturated heterocycles. The van der Waals surface area contributed by atoms with E-state index >= 15 is 0 Å². The van der Waals surface area contributed by atoms with Crippen LogP contribution in [0.5, 0.6) is 0 Å². The molecular weight excluding hydrogens is 366 g/mol. The number of nitrogens with zero attached hydrogens (tertiary/aromatic N) is 3. The van der Waals surface area contributed by atoms with Gasteiger partial charge in [-0.05, 0) is 48.5 Å². The maximum atomic E-state index is 2.59. The summed E-state index contributed by atoms with van der Waals surface area (Å²) >= 11 is 0. The van der Waals surface area contributed by atoms with E-state index in [2.05, 4.69) is 107 Å². The molecule has 0 bridgehead atoms. The molecule has 3 nitrogen and oxygen atoms in total. The molecule has 5 rings (SSSR count). The van der Waals surface area contributed by atoms with Crippen molar-refractivity contribution in [1.29, 1.82) is 0 Å². The minimum atomic E-state index is 1.01. The molecule has 4 aromatic rings. The lowest BCUT2D eigenvalue weighted by Crippen LogP contribution is -2.43. The summed E-state index contributed by atoms with van der Waals surface area (Å²) in [6.07, 6.45) is 0. The molecule has 0 amide bonds. The highest BCUT2D eigenvalue weighted by Crippen LogP contribution is 2.34. The Morgan fingerprint density at radius 3 is 2.27 bits per heavy atom. The molecule has 1 fully saturated rings. The fraction of sp³-hybridized carbons (Fsp3) is 0.259. The van der Waals surface area contributed by atoms with E-state index in [-0.39, 0.29) is 0 Å². The first-order chi connectivity index (χ1) is 14.7. The summed E-state index contributed by atoms with van der Waals surface area (Å²) in [6, 6.07) is 28.5. The van der Waals surface area contributed by atoms with E-state index in [1.165, 1.54) is 39.0 Å². The molecule has 152 valence electrons. The smallest absolute Gasteiger partial charge is 0.0540 e. The summed E-state index contributed by atoms with van der Waals surface area (Å²) in [5.74, 6) is 0. The van der Waals surface area contributed by atoms with Gasteiger partial charge in [-0.1, -0.05) is 60.7 Å². The summed E-state index contributed by atoms with van der Waals surface area (Å²) < 4.78 is 2.44. The van der Waals surface area contributed by atoms with Gasteiger partial charge < -0.3 is 9.47 Å². The maximum Gasteiger partial charge on any atom is 0.0540 e. The summed E-state index contributed by atoms with van der Waals surface area (Å²) in [7, 11) is 2.22. The third-order valence-corrected chi connectivity index (χ3v) is 6.42. The zero-order valence-electron chi connectivity index (χ0n) is 17.9. The van der Waals surface area contributed by atoms with Gasteiger partial charge in [-0.15, -0.1) is 0 Å². The molecule has 2 heterocycles. The second-order valence-electron chi connectivity index (χ2n) is 8.42. The molecule has 0 atom stereocenters. The Morgan fingerprint density at radius 2 is 1.47 bits per heavy atom. The van der Waals surface area contributed by atoms with Crippen molar-refractivity contribution >= 4 is 10.8 Å². The lowest BCUT2D eigenvalue weighted by molar-refractivity contribution is 0.148. The van der Waals surface area contributed by atoms with Crippen LogP contribution in [-0.2, 0) is 6.54 Å². The van der Waals surface area contributed by atoms with E-state index in [0.29, 0.717) is 0 Å². The highest BCUT2D eigenvalue weighted by molar-refractivity contribution is 5.96.